The zero-order valence-electron chi connectivity index (χ0n) is 19.1. The predicted molar refractivity (Wildman–Crippen MR) is 134 cm³/mol. The van der Waals surface area contributed by atoms with Crippen LogP contribution in [0.15, 0.2) is 23.4 Å². The number of thiophene rings is 1. The topological polar surface area (TPSA) is 90.6 Å². The third-order valence-corrected chi connectivity index (χ3v) is 8.53. The van der Waals surface area contributed by atoms with Crippen molar-refractivity contribution in [2.24, 2.45) is 0 Å². The molecular weight excluding hydrogens is 470 g/mol. The molecular formula is C24H25N5O3S2. The van der Waals surface area contributed by atoms with Crippen molar-refractivity contribution in [1.29, 1.82) is 0 Å². The number of rotatable bonds is 7. The largest absolute Gasteiger partial charge is 0.497 e. The molecule has 1 N–H and O–H groups in total. The zero-order valence-corrected chi connectivity index (χ0v) is 20.7. The number of nitrogens with one attached hydrogen (secondary N) is 1. The van der Waals surface area contributed by atoms with Crippen LogP contribution in [-0.2, 0) is 17.6 Å². The summed E-state index contributed by atoms with van der Waals surface area (Å²) in [5.41, 5.74) is 2.87. The van der Waals surface area contributed by atoms with Crippen LogP contribution in [0.4, 0.5) is 5.69 Å². The zero-order chi connectivity index (χ0) is 23.2. The van der Waals surface area contributed by atoms with Gasteiger partial charge in [-0.1, -0.05) is 11.8 Å². The third kappa shape index (κ3) is 3.78. The molecule has 2 aliphatic rings. The minimum atomic E-state index is -0.150. The van der Waals surface area contributed by atoms with Crippen LogP contribution in [-0.4, -0.2) is 45.5 Å². The number of benzene rings is 1. The summed E-state index contributed by atoms with van der Waals surface area (Å²) in [4.78, 5) is 20.4. The van der Waals surface area contributed by atoms with Crippen molar-refractivity contribution in [3.8, 4) is 11.5 Å². The fraction of sp³-hybridized carbons (Fsp3) is 0.417. The normalized spacial score (nSPS) is 15.5. The highest BCUT2D eigenvalue weighted by molar-refractivity contribution is 7.99. The number of nitrogens with zero attached hydrogens (tertiary/aromatic N) is 4. The van der Waals surface area contributed by atoms with E-state index in [1.165, 1.54) is 35.0 Å². The number of aryl methyl sites for hydroxylation is 2. The van der Waals surface area contributed by atoms with E-state index in [0.717, 1.165) is 52.5 Å². The Morgan fingerprint density at radius 3 is 2.85 bits per heavy atom. The van der Waals surface area contributed by atoms with Crippen molar-refractivity contribution in [2.75, 3.05) is 25.3 Å². The van der Waals surface area contributed by atoms with E-state index >= 15 is 0 Å². The standard InChI is InChI=1S/C24H25N5O3S2/c1-31-14-9-10-17(32-2)16(11-14)25-19(30)12-33-24-28-27-22-20-15-5-3-4-6-18(15)34-23(20)26-21(29(22)24)13-7-8-13/h9-11,13H,3-8,12H2,1-2H3,(H,25,30). The minimum absolute atomic E-state index is 0.150. The van der Waals surface area contributed by atoms with E-state index in [4.69, 9.17) is 14.5 Å². The molecule has 6 rings (SSSR count). The summed E-state index contributed by atoms with van der Waals surface area (Å²) in [6, 6.07) is 5.31. The Hall–Kier alpha value is -2.85. The van der Waals surface area contributed by atoms with Gasteiger partial charge in [0.05, 0.1) is 31.0 Å². The molecule has 2 aliphatic carbocycles. The molecule has 176 valence electrons. The molecule has 34 heavy (non-hydrogen) atoms. The van der Waals surface area contributed by atoms with Gasteiger partial charge in [-0.2, -0.15) is 0 Å². The summed E-state index contributed by atoms with van der Waals surface area (Å²) in [6.45, 7) is 0. The van der Waals surface area contributed by atoms with Crippen molar-refractivity contribution in [3.05, 3.63) is 34.5 Å². The molecule has 1 fully saturated rings. The van der Waals surface area contributed by atoms with Crippen LogP contribution in [0.25, 0.3) is 15.9 Å². The number of methoxy groups -OCH3 is 2. The second-order valence-corrected chi connectivity index (χ2v) is 10.7. The summed E-state index contributed by atoms with van der Waals surface area (Å²) in [7, 11) is 3.16. The smallest absolute Gasteiger partial charge is 0.234 e. The first-order valence-corrected chi connectivity index (χ1v) is 13.3. The summed E-state index contributed by atoms with van der Waals surface area (Å²) >= 11 is 3.21. The lowest BCUT2D eigenvalue weighted by Crippen LogP contribution is -2.15. The van der Waals surface area contributed by atoms with Crippen LogP contribution in [0.5, 0.6) is 11.5 Å². The number of thioether (sulfide) groups is 1. The van der Waals surface area contributed by atoms with Gasteiger partial charge < -0.3 is 14.8 Å². The van der Waals surface area contributed by atoms with Gasteiger partial charge in [0.2, 0.25) is 5.91 Å². The maximum atomic E-state index is 12.8. The lowest BCUT2D eigenvalue weighted by Gasteiger charge is -2.12. The third-order valence-electron chi connectivity index (χ3n) is 6.41. The summed E-state index contributed by atoms with van der Waals surface area (Å²) in [6.07, 6.45) is 6.93. The van der Waals surface area contributed by atoms with E-state index in [1.807, 2.05) is 11.3 Å². The number of ether oxygens (including phenoxy) is 2. The van der Waals surface area contributed by atoms with Gasteiger partial charge in [-0.15, -0.1) is 21.5 Å². The van der Waals surface area contributed by atoms with Gasteiger partial charge in [0.15, 0.2) is 10.8 Å². The first kappa shape index (κ1) is 21.7. The first-order valence-electron chi connectivity index (χ1n) is 11.5. The highest BCUT2D eigenvalue weighted by Gasteiger charge is 2.32. The summed E-state index contributed by atoms with van der Waals surface area (Å²) in [5.74, 6) is 2.75. The maximum absolute atomic E-state index is 12.8. The van der Waals surface area contributed by atoms with Crippen LogP contribution in [0, 0.1) is 0 Å². The second kappa shape index (κ2) is 8.74. The average molecular weight is 496 g/mol. The molecule has 10 heteroatoms. The molecule has 3 heterocycles. The molecule has 1 amide bonds. The molecule has 0 saturated heterocycles. The molecule has 0 radical (unpaired) electrons. The monoisotopic (exact) mass is 495 g/mol. The Labute approximate surface area is 205 Å². The van der Waals surface area contributed by atoms with E-state index in [1.54, 1.807) is 32.4 Å². The van der Waals surface area contributed by atoms with Crippen LogP contribution >= 0.6 is 23.1 Å². The SMILES string of the molecule is COc1ccc(OC)c(NC(=O)CSc2nnc3c4c5c(sc4nc(C4CC4)n23)CCCC5)c1. The molecule has 0 atom stereocenters. The van der Waals surface area contributed by atoms with E-state index in [0.29, 0.717) is 23.1 Å². The van der Waals surface area contributed by atoms with Crippen LogP contribution in [0.2, 0.25) is 0 Å². The Morgan fingerprint density at radius 2 is 2.06 bits per heavy atom. The minimum Gasteiger partial charge on any atom is -0.497 e. The Balaban J connectivity index is 1.30. The molecule has 1 aromatic carbocycles. The van der Waals surface area contributed by atoms with Crippen LogP contribution in [0.1, 0.15) is 47.9 Å². The Bertz CT molecular complexity index is 1410. The number of hydrogen-bond donors (Lipinski definition) is 1. The Kier molecular flexibility index (Phi) is 5.57. The van der Waals surface area contributed by atoms with Gasteiger partial charge in [0.1, 0.15) is 22.2 Å². The highest BCUT2D eigenvalue weighted by Crippen LogP contribution is 2.44. The van der Waals surface area contributed by atoms with Crippen LogP contribution in [0.3, 0.4) is 0 Å². The van der Waals surface area contributed by atoms with Crippen molar-refractivity contribution >= 4 is 50.6 Å². The van der Waals surface area contributed by atoms with E-state index < -0.39 is 0 Å². The number of carbonyl (C=O) groups excluding carboxylic acids is 1. The lowest BCUT2D eigenvalue weighted by molar-refractivity contribution is -0.113. The van der Waals surface area contributed by atoms with Crippen LogP contribution < -0.4 is 14.8 Å². The van der Waals surface area contributed by atoms with Crippen molar-refractivity contribution < 1.29 is 14.3 Å². The number of aromatic nitrogens is 4. The number of anilines is 1. The highest BCUT2D eigenvalue weighted by atomic mass is 32.2. The van der Waals surface area contributed by atoms with E-state index in [9.17, 15) is 4.79 Å². The summed E-state index contributed by atoms with van der Waals surface area (Å²) in [5, 5.41) is 13.9. The maximum Gasteiger partial charge on any atom is 0.234 e. The van der Waals surface area contributed by atoms with Crippen molar-refractivity contribution in [3.63, 3.8) is 0 Å². The Morgan fingerprint density at radius 1 is 1.21 bits per heavy atom. The van der Waals surface area contributed by atoms with E-state index in [-0.39, 0.29) is 11.7 Å². The summed E-state index contributed by atoms with van der Waals surface area (Å²) < 4.78 is 12.7. The number of fused-ring (bicyclic) bond motifs is 5. The lowest BCUT2D eigenvalue weighted by atomic mass is 9.97. The van der Waals surface area contributed by atoms with Gasteiger partial charge in [0.25, 0.3) is 0 Å². The molecule has 8 nitrogen and oxygen atoms in total. The molecule has 0 aliphatic heterocycles. The van der Waals surface area contributed by atoms with Gasteiger partial charge >= 0.3 is 0 Å². The van der Waals surface area contributed by atoms with Gasteiger partial charge in [0, 0.05) is 16.9 Å². The molecule has 1 saturated carbocycles. The fourth-order valence-electron chi connectivity index (χ4n) is 4.59. The predicted octanol–water partition coefficient (Wildman–Crippen LogP) is 4.84. The average Bonchev–Trinajstić information content (AvgIpc) is 3.51. The number of hydrogen-bond acceptors (Lipinski definition) is 8. The number of carbonyl (C=O) groups is 1. The van der Waals surface area contributed by atoms with Crippen molar-refractivity contribution in [2.45, 2.75) is 49.6 Å². The quantitative estimate of drug-likeness (QED) is 0.367. The molecule has 0 bridgehead atoms. The van der Waals surface area contributed by atoms with Gasteiger partial charge in [-0.25, -0.2) is 4.98 Å². The second-order valence-electron chi connectivity index (χ2n) is 8.68. The number of amides is 1. The van der Waals surface area contributed by atoms with E-state index in [2.05, 4.69) is 19.9 Å². The molecule has 0 unspecified atom stereocenters. The fourth-order valence-corrected chi connectivity index (χ4v) is 6.59. The van der Waals surface area contributed by atoms with Crippen molar-refractivity contribution in [1.82, 2.24) is 19.6 Å². The van der Waals surface area contributed by atoms with Gasteiger partial charge in [-0.3, -0.25) is 9.20 Å². The molecule has 3 aromatic heterocycles. The molecule has 0 spiro atoms. The molecule has 4 aromatic rings. The van der Waals surface area contributed by atoms with Gasteiger partial charge in [-0.05, 0) is 56.2 Å². The first-order chi connectivity index (χ1) is 16.7.